The molecule has 0 saturated heterocycles. The summed E-state index contributed by atoms with van der Waals surface area (Å²) in [6, 6.07) is 9.00. The lowest BCUT2D eigenvalue weighted by Crippen LogP contribution is -2.13. The predicted octanol–water partition coefficient (Wildman–Crippen LogP) is 2.71. The van der Waals surface area contributed by atoms with Gasteiger partial charge in [-0.1, -0.05) is 0 Å². The second-order valence-electron chi connectivity index (χ2n) is 4.24. The van der Waals surface area contributed by atoms with Crippen LogP contribution in [-0.4, -0.2) is 10.5 Å². The van der Waals surface area contributed by atoms with Gasteiger partial charge in [-0.2, -0.15) is 5.26 Å². The number of rotatable bonds is 3. The maximum absolute atomic E-state index is 12.8. The second kappa shape index (κ2) is 5.85. The molecule has 20 heavy (non-hydrogen) atoms. The van der Waals surface area contributed by atoms with Gasteiger partial charge in [-0.05, 0) is 42.0 Å². The van der Waals surface area contributed by atoms with Crippen molar-refractivity contribution in [1.29, 1.82) is 5.26 Å². The number of benzene rings is 1. The normalized spacial score (nSPS) is 10.9. The Bertz CT molecular complexity index is 693. The molecule has 2 aromatic rings. The van der Waals surface area contributed by atoms with Crippen LogP contribution in [0.5, 0.6) is 0 Å². The first-order chi connectivity index (χ1) is 9.58. The monoisotopic (exact) mass is 269 g/mol. The molecule has 0 unspecified atom stereocenters. The van der Waals surface area contributed by atoms with Gasteiger partial charge in [-0.25, -0.2) is 4.39 Å². The molecule has 0 aliphatic heterocycles. The molecule has 0 spiro atoms. The Hall–Kier alpha value is -2.87. The molecule has 1 heterocycles. The smallest absolute Gasteiger partial charge is 0.266 e. The van der Waals surface area contributed by atoms with Gasteiger partial charge in [0, 0.05) is 25.1 Å². The van der Waals surface area contributed by atoms with Gasteiger partial charge in [0.2, 0.25) is 0 Å². The number of carbonyl (C=O) groups is 1. The minimum absolute atomic E-state index is 0.0134. The average Bonchev–Trinajstić information content (AvgIpc) is 2.84. The van der Waals surface area contributed by atoms with E-state index in [1.807, 2.05) is 23.9 Å². The van der Waals surface area contributed by atoms with E-state index in [0.717, 1.165) is 5.56 Å². The molecule has 0 atom stereocenters. The zero-order valence-electron chi connectivity index (χ0n) is 10.8. The molecule has 100 valence electrons. The number of anilines is 1. The first-order valence-corrected chi connectivity index (χ1v) is 5.89. The average molecular weight is 269 g/mol. The highest BCUT2D eigenvalue weighted by molar-refractivity contribution is 6.09. The van der Waals surface area contributed by atoms with E-state index >= 15 is 0 Å². The number of amides is 1. The van der Waals surface area contributed by atoms with Gasteiger partial charge < -0.3 is 9.88 Å². The van der Waals surface area contributed by atoms with Gasteiger partial charge in [0.25, 0.3) is 5.91 Å². The van der Waals surface area contributed by atoms with Crippen molar-refractivity contribution in [2.45, 2.75) is 0 Å². The lowest BCUT2D eigenvalue weighted by atomic mass is 10.2. The molecule has 0 aliphatic carbocycles. The summed E-state index contributed by atoms with van der Waals surface area (Å²) >= 11 is 0. The summed E-state index contributed by atoms with van der Waals surface area (Å²) in [5.41, 5.74) is 1.18. The number of nitriles is 1. The maximum atomic E-state index is 12.8. The zero-order chi connectivity index (χ0) is 14.5. The summed E-state index contributed by atoms with van der Waals surface area (Å²) in [6.45, 7) is 0. The summed E-state index contributed by atoms with van der Waals surface area (Å²) in [5.74, 6) is -0.911. The van der Waals surface area contributed by atoms with E-state index in [1.54, 1.807) is 12.3 Å². The molecular weight excluding hydrogens is 257 g/mol. The van der Waals surface area contributed by atoms with Gasteiger partial charge >= 0.3 is 0 Å². The Morgan fingerprint density at radius 3 is 2.60 bits per heavy atom. The second-order valence-corrected chi connectivity index (χ2v) is 4.24. The molecule has 0 bridgehead atoms. The number of aromatic nitrogens is 1. The number of nitrogens with zero attached hydrogens (tertiary/aromatic N) is 2. The van der Waals surface area contributed by atoms with Crippen LogP contribution in [0, 0.1) is 17.1 Å². The Labute approximate surface area is 115 Å². The Kier molecular flexibility index (Phi) is 3.96. The highest BCUT2D eigenvalue weighted by atomic mass is 19.1. The predicted molar refractivity (Wildman–Crippen MR) is 74.0 cm³/mol. The molecule has 1 aromatic heterocycles. The van der Waals surface area contributed by atoms with Gasteiger partial charge in [-0.15, -0.1) is 0 Å². The van der Waals surface area contributed by atoms with Gasteiger partial charge in [0.15, 0.2) is 0 Å². The molecule has 1 amide bonds. The van der Waals surface area contributed by atoms with Crippen molar-refractivity contribution in [3.63, 3.8) is 0 Å². The van der Waals surface area contributed by atoms with Crippen molar-refractivity contribution in [1.82, 2.24) is 4.57 Å². The zero-order valence-corrected chi connectivity index (χ0v) is 10.8. The number of hydrogen-bond donors (Lipinski definition) is 1. The molecule has 4 nitrogen and oxygen atoms in total. The van der Waals surface area contributed by atoms with E-state index in [-0.39, 0.29) is 11.4 Å². The standard InChI is InChI=1S/C15H12FN3O/c1-19-7-6-11(10-19)8-12(9-17)15(20)18-14-4-2-13(16)3-5-14/h2-8,10H,1H3,(H,18,20)/b12-8+. The van der Waals surface area contributed by atoms with Crippen molar-refractivity contribution < 1.29 is 9.18 Å². The lowest BCUT2D eigenvalue weighted by Gasteiger charge is -2.03. The maximum Gasteiger partial charge on any atom is 0.266 e. The van der Waals surface area contributed by atoms with Crippen LogP contribution >= 0.6 is 0 Å². The van der Waals surface area contributed by atoms with Crippen molar-refractivity contribution in [3.8, 4) is 6.07 Å². The fourth-order valence-electron chi connectivity index (χ4n) is 1.66. The largest absolute Gasteiger partial charge is 0.357 e. The van der Waals surface area contributed by atoms with Crippen molar-refractivity contribution in [2.75, 3.05) is 5.32 Å². The lowest BCUT2D eigenvalue weighted by molar-refractivity contribution is -0.112. The fourth-order valence-corrected chi connectivity index (χ4v) is 1.66. The van der Waals surface area contributed by atoms with Gasteiger partial charge in [0.1, 0.15) is 17.5 Å². The van der Waals surface area contributed by atoms with Crippen LogP contribution in [0.4, 0.5) is 10.1 Å². The van der Waals surface area contributed by atoms with Crippen LogP contribution in [0.25, 0.3) is 6.08 Å². The van der Waals surface area contributed by atoms with Crippen LogP contribution in [0.1, 0.15) is 5.56 Å². The highest BCUT2D eigenvalue weighted by Crippen LogP contribution is 2.12. The van der Waals surface area contributed by atoms with E-state index in [9.17, 15) is 9.18 Å². The van der Waals surface area contributed by atoms with Crippen LogP contribution < -0.4 is 5.32 Å². The fraction of sp³-hybridized carbons (Fsp3) is 0.0667. The third kappa shape index (κ3) is 3.33. The summed E-state index contributed by atoms with van der Waals surface area (Å²) < 4.78 is 14.6. The van der Waals surface area contributed by atoms with E-state index in [2.05, 4.69) is 5.32 Å². The van der Waals surface area contributed by atoms with Crippen LogP contribution in [-0.2, 0) is 11.8 Å². The van der Waals surface area contributed by atoms with E-state index in [4.69, 9.17) is 5.26 Å². The van der Waals surface area contributed by atoms with Crippen LogP contribution in [0.3, 0.4) is 0 Å². The summed E-state index contributed by atoms with van der Waals surface area (Å²) in [7, 11) is 1.85. The molecule has 0 fully saturated rings. The molecule has 0 radical (unpaired) electrons. The topological polar surface area (TPSA) is 57.8 Å². The van der Waals surface area contributed by atoms with Gasteiger partial charge in [0.05, 0.1) is 0 Å². The van der Waals surface area contributed by atoms with Crippen molar-refractivity contribution in [2.24, 2.45) is 7.05 Å². The Morgan fingerprint density at radius 1 is 1.35 bits per heavy atom. The molecule has 0 saturated carbocycles. The minimum atomic E-state index is -0.525. The van der Waals surface area contributed by atoms with E-state index in [1.165, 1.54) is 30.3 Å². The van der Waals surface area contributed by atoms with Gasteiger partial charge in [-0.3, -0.25) is 4.79 Å². The number of aryl methyl sites for hydroxylation is 1. The van der Waals surface area contributed by atoms with Crippen LogP contribution in [0.15, 0.2) is 48.3 Å². The first-order valence-electron chi connectivity index (χ1n) is 5.89. The van der Waals surface area contributed by atoms with Crippen molar-refractivity contribution >= 4 is 17.7 Å². The van der Waals surface area contributed by atoms with E-state index < -0.39 is 5.91 Å². The molecule has 1 N–H and O–H groups in total. The van der Waals surface area contributed by atoms with Crippen LogP contribution in [0.2, 0.25) is 0 Å². The molecular formula is C15H12FN3O. The third-order valence-electron chi connectivity index (χ3n) is 2.63. The van der Waals surface area contributed by atoms with E-state index in [0.29, 0.717) is 5.69 Å². The van der Waals surface area contributed by atoms with Crippen molar-refractivity contribution in [3.05, 3.63) is 59.7 Å². The molecule has 2 rings (SSSR count). The molecule has 0 aliphatic rings. The number of carbonyl (C=O) groups excluding carboxylic acids is 1. The number of hydrogen-bond acceptors (Lipinski definition) is 2. The summed E-state index contributed by atoms with van der Waals surface area (Å²) in [4.78, 5) is 11.9. The molecule has 1 aromatic carbocycles. The quantitative estimate of drug-likeness (QED) is 0.688. The molecule has 5 heteroatoms. The Morgan fingerprint density at radius 2 is 2.05 bits per heavy atom. The third-order valence-corrected chi connectivity index (χ3v) is 2.63. The summed E-state index contributed by atoms with van der Waals surface area (Å²) in [6.07, 6.45) is 5.11. The number of nitrogens with one attached hydrogen (secondary N) is 1. The summed E-state index contributed by atoms with van der Waals surface area (Å²) in [5, 5.41) is 11.6. The number of halogens is 1. The minimum Gasteiger partial charge on any atom is -0.357 e. The Balaban J connectivity index is 2.16. The first kappa shape index (κ1) is 13.6. The SMILES string of the molecule is Cn1ccc(/C=C(\C#N)C(=O)Nc2ccc(F)cc2)c1. The highest BCUT2D eigenvalue weighted by Gasteiger charge is 2.09.